The number of hydrogen-bond donors (Lipinski definition) is 1. The van der Waals surface area contributed by atoms with Crippen molar-refractivity contribution in [2.45, 2.75) is 0 Å². The quantitative estimate of drug-likeness (QED) is 0.845. The van der Waals surface area contributed by atoms with E-state index in [2.05, 4.69) is 15.9 Å². The van der Waals surface area contributed by atoms with E-state index in [9.17, 15) is 9.18 Å². The molecule has 3 nitrogen and oxygen atoms in total. The highest BCUT2D eigenvalue weighted by atomic mass is 79.9. The van der Waals surface area contributed by atoms with Crippen molar-refractivity contribution in [2.24, 2.45) is 5.73 Å². The van der Waals surface area contributed by atoms with Gasteiger partial charge in [-0.2, -0.15) is 0 Å². The smallest absolute Gasteiger partial charge is 0.260 e. The Kier molecular flexibility index (Phi) is 4.69. The number of hydrogen-bond acceptors (Lipinski definition) is 2. The lowest BCUT2D eigenvalue weighted by Crippen LogP contribution is -2.27. The minimum Gasteiger partial charge on any atom is -0.389 e. The number of halogens is 2. The molecule has 0 aliphatic carbocycles. The Morgan fingerprint density at radius 3 is 2.62 bits per heavy atom. The molecule has 1 amide bonds. The lowest BCUT2D eigenvalue weighted by Gasteiger charge is -2.18. The Morgan fingerprint density at radius 2 is 2.00 bits per heavy atom. The fourth-order valence-corrected chi connectivity index (χ4v) is 2.29. The predicted octanol–water partition coefficient (Wildman–Crippen LogP) is 3.50. The molecule has 0 radical (unpaired) electrons. The van der Waals surface area contributed by atoms with Crippen LogP contribution in [0.3, 0.4) is 0 Å². The van der Waals surface area contributed by atoms with Gasteiger partial charge in [0.25, 0.3) is 5.91 Å². The third-order valence-electron chi connectivity index (χ3n) is 2.98. The van der Waals surface area contributed by atoms with Gasteiger partial charge in [-0.3, -0.25) is 4.79 Å². The van der Waals surface area contributed by atoms with Gasteiger partial charge < -0.3 is 10.6 Å². The standard InChI is InChI=1S/C15H12BrFN2OS/c1-19(11-4-2-3-9(7-11)14(18)21)15(20)12-6-5-10(16)8-13(12)17/h2-8H,1H3,(H2,18,21). The van der Waals surface area contributed by atoms with E-state index in [1.165, 1.54) is 17.0 Å². The van der Waals surface area contributed by atoms with Crippen LogP contribution in [0.2, 0.25) is 0 Å². The van der Waals surface area contributed by atoms with Crippen molar-refractivity contribution in [3.05, 3.63) is 63.9 Å². The van der Waals surface area contributed by atoms with E-state index in [0.717, 1.165) is 0 Å². The molecule has 0 fully saturated rings. The van der Waals surface area contributed by atoms with Gasteiger partial charge in [0, 0.05) is 22.8 Å². The minimum absolute atomic E-state index is 0.00132. The summed E-state index contributed by atoms with van der Waals surface area (Å²) in [7, 11) is 1.57. The van der Waals surface area contributed by atoms with Crippen LogP contribution in [0.1, 0.15) is 15.9 Å². The Bertz CT molecular complexity index is 721. The Labute approximate surface area is 135 Å². The van der Waals surface area contributed by atoms with Crippen LogP contribution in [0.25, 0.3) is 0 Å². The van der Waals surface area contributed by atoms with Crippen molar-refractivity contribution in [2.75, 3.05) is 11.9 Å². The molecule has 2 N–H and O–H groups in total. The fraction of sp³-hybridized carbons (Fsp3) is 0.0667. The zero-order valence-electron chi connectivity index (χ0n) is 11.1. The summed E-state index contributed by atoms with van der Waals surface area (Å²) in [5.74, 6) is -1.02. The molecule has 0 bridgehead atoms. The number of nitrogens with zero attached hydrogens (tertiary/aromatic N) is 1. The van der Waals surface area contributed by atoms with Crippen molar-refractivity contribution >= 4 is 44.7 Å². The number of benzene rings is 2. The number of amides is 1. The molecule has 0 aliphatic heterocycles. The molecule has 2 rings (SSSR count). The van der Waals surface area contributed by atoms with Crippen molar-refractivity contribution in [1.82, 2.24) is 0 Å². The van der Waals surface area contributed by atoms with E-state index in [0.29, 0.717) is 15.7 Å². The summed E-state index contributed by atoms with van der Waals surface area (Å²) in [6.45, 7) is 0. The molecule has 0 aromatic heterocycles. The van der Waals surface area contributed by atoms with Crippen molar-refractivity contribution in [1.29, 1.82) is 0 Å². The van der Waals surface area contributed by atoms with Gasteiger partial charge in [-0.15, -0.1) is 0 Å². The van der Waals surface area contributed by atoms with Crippen LogP contribution in [-0.4, -0.2) is 17.9 Å². The molecule has 21 heavy (non-hydrogen) atoms. The molecular formula is C15H12BrFN2OS. The summed E-state index contributed by atoms with van der Waals surface area (Å²) in [5, 5.41) is 0. The first-order valence-electron chi connectivity index (χ1n) is 6.03. The molecule has 6 heteroatoms. The van der Waals surface area contributed by atoms with Crippen LogP contribution >= 0.6 is 28.1 Å². The maximum atomic E-state index is 13.9. The molecule has 0 spiro atoms. The van der Waals surface area contributed by atoms with E-state index in [1.807, 2.05) is 0 Å². The average molecular weight is 367 g/mol. The second-order valence-corrected chi connectivity index (χ2v) is 5.76. The molecule has 0 aliphatic rings. The maximum absolute atomic E-state index is 13.9. The summed E-state index contributed by atoms with van der Waals surface area (Å²) in [6.07, 6.45) is 0. The van der Waals surface area contributed by atoms with Crippen LogP contribution < -0.4 is 10.6 Å². The fourth-order valence-electron chi connectivity index (χ4n) is 1.83. The molecule has 2 aromatic carbocycles. The Hall–Kier alpha value is -1.79. The second-order valence-electron chi connectivity index (χ2n) is 4.40. The van der Waals surface area contributed by atoms with Gasteiger partial charge >= 0.3 is 0 Å². The first kappa shape index (κ1) is 15.6. The maximum Gasteiger partial charge on any atom is 0.260 e. The van der Waals surface area contributed by atoms with Crippen LogP contribution in [0.15, 0.2) is 46.9 Å². The van der Waals surface area contributed by atoms with E-state index >= 15 is 0 Å². The molecule has 0 atom stereocenters. The van der Waals surface area contributed by atoms with Crippen molar-refractivity contribution in [3.8, 4) is 0 Å². The van der Waals surface area contributed by atoms with Gasteiger partial charge in [0.2, 0.25) is 0 Å². The van der Waals surface area contributed by atoms with Crippen LogP contribution in [0.5, 0.6) is 0 Å². The molecule has 0 saturated heterocycles. The van der Waals surface area contributed by atoms with Crippen molar-refractivity contribution in [3.63, 3.8) is 0 Å². The van der Waals surface area contributed by atoms with E-state index in [1.54, 1.807) is 37.4 Å². The number of nitrogens with two attached hydrogens (primary N) is 1. The highest BCUT2D eigenvalue weighted by Crippen LogP contribution is 2.21. The largest absolute Gasteiger partial charge is 0.389 e. The van der Waals surface area contributed by atoms with E-state index < -0.39 is 11.7 Å². The molecule has 0 heterocycles. The van der Waals surface area contributed by atoms with E-state index in [-0.39, 0.29) is 10.6 Å². The summed E-state index contributed by atoms with van der Waals surface area (Å²) in [6, 6.07) is 11.2. The summed E-state index contributed by atoms with van der Waals surface area (Å²) in [4.78, 5) is 14.0. The van der Waals surface area contributed by atoms with E-state index in [4.69, 9.17) is 18.0 Å². The number of carbonyl (C=O) groups is 1. The number of anilines is 1. The Balaban J connectivity index is 2.35. The second kappa shape index (κ2) is 6.32. The SMILES string of the molecule is CN(C(=O)c1ccc(Br)cc1F)c1cccc(C(N)=S)c1. The third kappa shape index (κ3) is 3.46. The first-order chi connectivity index (χ1) is 9.90. The normalized spacial score (nSPS) is 10.2. The molecule has 0 unspecified atom stereocenters. The zero-order valence-corrected chi connectivity index (χ0v) is 13.5. The Morgan fingerprint density at radius 1 is 1.29 bits per heavy atom. The average Bonchev–Trinajstić information content (AvgIpc) is 2.46. The van der Waals surface area contributed by atoms with Gasteiger partial charge in [-0.05, 0) is 30.3 Å². The van der Waals surface area contributed by atoms with Gasteiger partial charge in [-0.25, -0.2) is 4.39 Å². The van der Waals surface area contributed by atoms with Crippen LogP contribution in [0.4, 0.5) is 10.1 Å². The summed E-state index contributed by atoms with van der Waals surface area (Å²) in [5.41, 5.74) is 6.82. The number of thiocarbonyl (C=S) groups is 1. The highest BCUT2D eigenvalue weighted by molar-refractivity contribution is 9.10. The molecule has 108 valence electrons. The van der Waals surface area contributed by atoms with Crippen LogP contribution in [0, 0.1) is 5.82 Å². The third-order valence-corrected chi connectivity index (χ3v) is 3.71. The molecule has 0 saturated carbocycles. The number of rotatable bonds is 3. The lowest BCUT2D eigenvalue weighted by atomic mass is 10.1. The van der Waals surface area contributed by atoms with Gasteiger partial charge in [0.05, 0.1) is 5.56 Å². The predicted molar refractivity (Wildman–Crippen MR) is 89.2 cm³/mol. The van der Waals surface area contributed by atoms with Gasteiger partial charge in [-0.1, -0.05) is 40.3 Å². The van der Waals surface area contributed by atoms with Gasteiger partial charge in [0.1, 0.15) is 10.8 Å². The topological polar surface area (TPSA) is 46.3 Å². The monoisotopic (exact) mass is 366 g/mol. The summed E-state index contributed by atoms with van der Waals surface area (Å²) >= 11 is 8.07. The number of carbonyl (C=O) groups excluding carboxylic acids is 1. The van der Waals surface area contributed by atoms with Gasteiger partial charge in [0.15, 0.2) is 0 Å². The lowest BCUT2D eigenvalue weighted by molar-refractivity contribution is 0.0989. The molecule has 2 aromatic rings. The summed E-state index contributed by atoms with van der Waals surface area (Å²) < 4.78 is 14.4. The highest BCUT2D eigenvalue weighted by Gasteiger charge is 2.18. The van der Waals surface area contributed by atoms with Crippen molar-refractivity contribution < 1.29 is 9.18 Å². The zero-order chi connectivity index (χ0) is 15.6. The minimum atomic E-state index is -0.577. The van der Waals surface area contributed by atoms with Crippen LogP contribution in [-0.2, 0) is 0 Å². The molecular weight excluding hydrogens is 355 g/mol. The first-order valence-corrected chi connectivity index (χ1v) is 7.23.